The molecule has 2 heterocycles. The Bertz CT molecular complexity index is 624. The van der Waals surface area contributed by atoms with Gasteiger partial charge in [-0.05, 0) is 30.5 Å². The van der Waals surface area contributed by atoms with E-state index in [1.807, 2.05) is 6.20 Å². The topological polar surface area (TPSA) is 45.6 Å². The largest absolute Gasteiger partial charge is 0.347 e. The Kier molecular flexibility index (Phi) is 3.61. The lowest BCUT2D eigenvalue weighted by Gasteiger charge is -2.06. The van der Waals surface area contributed by atoms with Crippen molar-refractivity contribution >= 4 is 10.9 Å². The van der Waals surface area contributed by atoms with Gasteiger partial charge < -0.3 is 14.9 Å². The van der Waals surface area contributed by atoms with Crippen LogP contribution >= 0.6 is 0 Å². The molecule has 0 saturated carbocycles. The molecule has 0 fully saturated rings. The maximum absolute atomic E-state index is 4.00. The second kappa shape index (κ2) is 5.71. The molecule has 19 heavy (non-hydrogen) atoms. The Morgan fingerprint density at radius 1 is 1.21 bits per heavy atom. The number of aromatic nitrogens is 3. The predicted molar refractivity (Wildman–Crippen MR) is 76.8 cm³/mol. The zero-order chi connectivity index (χ0) is 12.9. The Morgan fingerprint density at radius 2 is 2.16 bits per heavy atom. The molecular weight excluding hydrogens is 236 g/mol. The number of hydrogen-bond donors (Lipinski definition) is 2. The summed E-state index contributed by atoms with van der Waals surface area (Å²) in [5, 5.41) is 4.73. The molecule has 0 atom stereocenters. The highest BCUT2D eigenvalue weighted by Gasteiger charge is 1.99. The summed E-state index contributed by atoms with van der Waals surface area (Å²) in [6.07, 6.45) is 6.85. The zero-order valence-electron chi connectivity index (χ0n) is 10.8. The fourth-order valence-corrected chi connectivity index (χ4v) is 2.31. The van der Waals surface area contributed by atoms with Gasteiger partial charge in [-0.1, -0.05) is 18.2 Å². The summed E-state index contributed by atoms with van der Waals surface area (Å²) in [7, 11) is 0. The molecule has 0 bridgehead atoms. The van der Waals surface area contributed by atoms with Crippen molar-refractivity contribution in [3.63, 3.8) is 0 Å². The minimum atomic E-state index is 0.854. The zero-order valence-corrected chi connectivity index (χ0v) is 10.8. The Balaban J connectivity index is 1.47. The smallest absolute Gasteiger partial charge is 0.0922 e. The van der Waals surface area contributed by atoms with Crippen LogP contribution in [-0.2, 0) is 13.1 Å². The van der Waals surface area contributed by atoms with Gasteiger partial charge >= 0.3 is 0 Å². The normalized spacial score (nSPS) is 11.2. The van der Waals surface area contributed by atoms with Crippen LogP contribution in [0.2, 0.25) is 0 Å². The minimum absolute atomic E-state index is 0.854. The van der Waals surface area contributed by atoms with E-state index < -0.39 is 0 Å². The first-order valence-corrected chi connectivity index (χ1v) is 6.65. The third kappa shape index (κ3) is 2.85. The van der Waals surface area contributed by atoms with Crippen LogP contribution in [-0.4, -0.2) is 21.1 Å². The molecule has 0 amide bonds. The van der Waals surface area contributed by atoms with E-state index in [9.17, 15) is 0 Å². The number of benzene rings is 1. The molecule has 4 heteroatoms. The molecule has 2 N–H and O–H groups in total. The van der Waals surface area contributed by atoms with Crippen LogP contribution in [0.1, 0.15) is 12.1 Å². The SMILES string of the molecule is c1ccc2c(c1)ccn2CCCNCc1cnc[nH]1. The first-order valence-electron chi connectivity index (χ1n) is 6.65. The average Bonchev–Trinajstić information content (AvgIpc) is 3.08. The number of hydrogen-bond acceptors (Lipinski definition) is 2. The first kappa shape index (κ1) is 12.0. The number of para-hydroxylation sites is 1. The Morgan fingerprint density at radius 3 is 3.05 bits per heavy atom. The van der Waals surface area contributed by atoms with Gasteiger partial charge in [0.15, 0.2) is 0 Å². The number of H-pyrrole nitrogens is 1. The molecular formula is C15H18N4. The number of aryl methyl sites for hydroxylation is 1. The lowest BCUT2D eigenvalue weighted by Crippen LogP contribution is -2.16. The van der Waals surface area contributed by atoms with Gasteiger partial charge in [-0.2, -0.15) is 0 Å². The highest BCUT2D eigenvalue weighted by Crippen LogP contribution is 2.15. The molecule has 0 aliphatic rings. The van der Waals surface area contributed by atoms with Gasteiger partial charge in [0.25, 0.3) is 0 Å². The number of imidazole rings is 1. The molecule has 3 aromatic rings. The lowest BCUT2D eigenvalue weighted by atomic mass is 10.2. The van der Waals surface area contributed by atoms with Gasteiger partial charge in [0.2, 0.25) is 0 Å². The van der Waals surface area contributed by atoms with Gasteiger partial charge in [-0.15, -0.1) is 0 Å². The summed E-state index contributed by atoms with van der Waals surface area (Å²) in [6, 6.07) is 10.7. The van der Waals surface area contributed by atoms with Crippen molar-refractivity contribution in [1.29, 1.82) is 0 Å². The molecule has 4 nitrogen and oxygen atoms in total. The molecule has 0 saturated heterocycles. The monoisotopic (exact) mass is 254 g/mol. The maximum atomic E-state index is 4.00. The van der Waals surface area contributed by atoms with Crippen molar-refractivity contribution in [1.82, 2.24) is 19.9 Å². The van der Waals surface area contributed by atoms with Crippen LogP contribution in [0.15, 0.2) is 49.1 Å². The lowest BCUT2D eigenvalue weighted by molar-refractivity contribution is 0.587. The first-order chi connectivity index (χ1) is 9.43. The Labute approximate surface area is 112 Å². The standard InChI is InChI=1S/C15H18N4/c1-2-5-15-13(4-1)6-9-19(15)8-3-7-16-10-14-11-17-12-18-14/h1-2,4-6,9,11-12,16H,3,7-8,10H2,(H,17,18). The Hall–Kier alpha value is -2.07. The molecule has 0 spiro atoms. The molecule has 0 unspecified atom stereocenters. The molecule has 0 aliphatic carbocycles. The van der Waals surface area contributed by atoms with Crippen molar-refractivity contribution in [2.24, 2.45) is 0 Å². The highest BCUT2D eigenvalue weighted by atomic mass is 15.0. The number of rotatable bonds is 6. The van der Waals surface area contributed by atoms with Crippen LogP contribution in [0.4, 0.5) is 0 Å². The summed E-state index contributed by atoms with van der Waals surface area (Å²) in [5.41, 5.74) is 2.45. The third-order valence-electron chi connectivity index (χ3n) is 3.30. The number of nitrogens with one attached hydrogen (secondary N) is 2. The summed E-state index contributed by atoms with van der Waals surface area (Å²) >= 11 is 0. The van der Waals surface area contributed by atoms with Crippen LogP contribution < -0.4 is 5.32 Å². The quantitative estimate of drug-likeness (QED) is 0.664. The van der Waals surface area contributed by atoms with Crippen LogP contribution in [0, 0.1) is 0 Å². The van der Waals surface area contributed by atoms with Gasteiger partial charge in [-0.25, -0.2) is 4.98 Å². The third-order valence-corrected chi connectivity index (χ3v) is 3.30. The van der Waals surface area contributed by atoms with Crippen LogP contribution in [0.5, 0.6) is 0 Å². The molecule has 2 aromatic heterocycles. The fraction of sp³-hybridized carbons (Fsp3) is 0.267. The van der Waals surface area contributed by atoms with E-state index in [1.165, 1.54) is 10.9 Å². The molecule has 0 aliphatic heterocycles. The van der Waals surface area contributed by atoms with Crippen molar-refractivity contribution in [2.45, 2.75) is 19.5 Å². The van der Waals surface area contributed by atoms with Crippen LogP contribution in [0.3, 0.4) is 0 Å². The van der Waals surface area contributed by atoms with E-state index >= 15 is 0 Å². The summed E-state index contributed by atoms with van der Waals surface area (Å²) in [4.78, 5) is 7.08. The molecule has 0 radical (unpaired) electrons. The number of aromatic amines is 1. The van der Waals surface area contributed by atoms with Gasteiger partial charge in [0.05, 0.1) is 6.33 Å². The van der Waals surface area contributed by atoms with E-state index in [1.54, 1.807) is 6.33 Å². The van der Waals surface area contributed by atoms with Gasteiger partial charge in [0, 0.05) is 36.7 Å². The predicted octanol–water partition coefficient (Wildman–Crippen LogP) is 2.54. The van der Waals surface area contributed by atoms with Crippen molar-refractivity contribution in [3.8, 4) is 0 Å². The summed E-state index contributed by atoms with van der Waals surface area (Å²) in [5.74, 6) is 0. The van der Waals surface area contributed by atoms with E-state index in [0.29, 0.717) is 0 Å². The summed E-state index contributed by atoms with van der Waals surface area (Å²) in [6.45, 7) is 2.90. The van der Waals surface area contributed by atoms with E-state index in [2.05, 4.69) is 56.4 Å². The van der Waals surface area contributed by atoms with Gasteiger partial charge in [-0.3, -0.25) is 0 Å². The average molecular weight is 254 g/mol. The number of fused-ring (bicyclic) bond motifs is 1. The maximum Gasteiger partial charge on any atom is 0.0922 e. The summed E-state index contributed by atoms with van der Waals surface area (Å²) < 4.78 is 2.31. The van der Waals surface area contributed by atoms with Crippen LogP contribution in [0.25, 0.3) is 10.9 Å². The minimum Gasteiger partial charge on any atom is -0.347 e. The number of nitrogens with zero attached hydrogens (tertiary/aromatic N) is 2. The van der Waals surface area contributed by atoms with Crippen molar-refractivity contribution in [3.05, 3.63) is 54.7 Å². The molecule has 98 valence electrons. The molecule has 1 aromatic carbocycles. The highest BCUT2D eigenvalue weighted by molar-refractivity contribution is 5.79. The van der Waals surface area contributed by atoms with E-state index in [0.717, 1.165) is 31.7 Å². The van der Waals surface area contributed by atoms with Gasteiger partial charge in [0.1, 0.15) is 0 Å². The van der Waals surface area contributed by atoms with Crippen molar-refractivity contribution < 1.29 is 0 Å². The second-order valence-corrected chi connectivity index (χ2v) is 4.68. The fourth-order valence-electron chi connectivity index (χ4n) is 2.31. The second-order valence-electron chi connectivity index (χ2n) is 4.68. The van der Waals surface area contributed by atoms with Crippen molar-refractivity contribution in [2.75, 3.05) is 6.54 Å². The molecule has 3 rings (SSSR count). The van der Waals surface area contributed by atoms with E-state index in [4.69, 9.17) is 0 Å². The van der Waals surface area contributed by atoms with E-state index in [-0.39, 0.29) is 0 Å².